The van der Waals surface area contributed by atoms with Crippen molar-refractivity contribution in [3.63, 3.8) is 0 Å². The van der Waals surface area contributed by atoms with Gasteiger partial charge >= 0.3 is 6.18 Å². The number of anilines is 2. The molecule has 5 rings (SSSR count). The molecule has 1 saturated heterocycles. The van der Waals surface area contributed by atoms with Gasteiger partial charge in [-0.05, 0) is 36.9 Å². The van der Waals surface area contributed by atoms with Crippen molar-refractivity contribution in [2.75, 3.05) is 48.9 Å². The number of likely N-dealkylation sites (N-methyl/N-ethyl adjacent to an activating group) is 1. The van der Waals surface area contributed by atoms with Crippen LogP contribution in [0.2, 0.25) is 0 Å². The van der Waals surface area contributed by atoms with E-state index in [-0.39, 0.29) is 0 Å². The molecule has 0 radical (unpaired) electrons. The lowest BCUT2D eigenvalue weighted by molar-refractivity contribution is -0.137. The first-order valence-corrected chi connectivity index (χ1v) is 11.8. The number of hydrogen-bond acceptors (Lipinski definition) is 6. The average molecular weight is 472 g/mol. The lowest BCUT2D eigenvalue weighted by atomic mass is 10.1. The van der Waals surface area contributed by atoms with Crippen LogP contribution < -0.4 is 9.80 Å². The van der Waals surface area contributed by atoms with Gasteiger partial charge in [0.2, 0.25) is 0 Å². The molecule has 33 heavy (non-hydrogen) atoms. The summed E-state index contributed by atoms with van der Waals surface area (Å²) in [7, 11) is 2.12. The summed E-state index contributed by atoms with van der Waals surface area (Å²) in [6.45, 7) is 4.48. The molecule has 3 heterocycles. The highest BCUT2D eigenvalue weighted by Gasteiger charge is 2.33. The number of alkyl halides is 3. The third-order valence-electron chi connectivity index (χ3n) is 6.07. The van der Waals surface area contributed by atoms with Crippen molar-refractivity contribution in [1.82, 2.24) is 14.9 Å². The van der Waals surface area contributed by atoms with E-state index in [9.17, 15) is 13.2 Å². The number of nitrogens with zero attached hydrogens (tertiary/aromatic N) is 5. The van der Waals surface area contributed by atoms with E-state index in [1.807, 2.05) is 41.6 Å². The van der Waals surface area contributed by atoms with E-state index in [4.69, 9.17) is 0 Å². The first-order valence-electron chi connectivity index (χ1n) is 10.8. The highest BCUT2D eigenvalue weighted by molar-refractivity contribution is 7.99. The Hall–Kier alpha value is -2.78. The fraction of sp³-hybridized carbons (Fsp3) is 0.333. The molecule has 2 aromatic carbocycles. The van der Waals surface area contributed by atoms with Gasteiger partial charge in [-0.25, -0.2) is 9.97 Å². The fourth-order valence-electron chi connectivity index (χ4n) is 4.14. The molecule has 2 aliphatic rings. The second-order valence-electron chi connectivity index (χ2n) is 8.41. The van der Waals surface area contributed by atoms with Crippen LogP contribution in [0.1, 0.15) is 11.1 Å². The van der Waals surface area contributed by atoms with Gasteiger partial charge in [0, 0.05) is 43.2 Å². The zero-order valence-corrected chi connectivity index (χ0v) is 19.0. The Balaban J connectivity index is 1.32. The van der Waals surface area contributed by atoms with Crippen LogP contribution in [-0.4, -0.2) is 54.0 Å². The SMILES string of the molecule is CN1CCN(c2cnc(-c3cccc(CN4CSc5ccc(C(F)(F)F)cc54)c3)nc2)CC1. The summed E-state index contributed by atoms with van der Waals surface area (Å²) in [6, 6.07) is 11.9. The number of fused-ring (bicyclic) bond motifs is 1. The van der Waals surface area contributed by atoms with Crippen LogP contribution in [0.15, 0.2) is 59.8 Å². The van der Waals surface area contributed by atoms with Crippen LogP contribution in [-0.2, 0) is 12.7 Å². The highest BCUT2D eigenvalue weighted by Crippen LogP contribution is 2.42. The molecule has 0 atom stereocenters. The predicted octanol–water partition coefficient (Wildman–Crippen LogP) is 4.98. The van der Waals surface area contributed by atoms with E-state index in [0.717, 1.165) is 54.0 Å². The molecule has 0 N–H and O–H groups in total. The minimum atomic E-state index is -4.35. The minimum absolute atomic E-state index is 0.522. The van der Waals surface area contributed by atoms with Gasteiger partial charge in [-0.2, -0.15) is 13.2 Å². The van der Waals surface area contributed by atoms with E-state index in [0.29, 0.717) is 23.9 Å². The number of hydrogen-bond donors (Lipinski definition) is 0. The second-order valence-corrected chi connectivity index (χ2v) is 9.39. The Bertz CT molecular complexity index is 1130. The number of benzene rings is 2. The van der Waals surface area contributed by atoms with Crippen molar-refractivity contribution in [2.24, 2.45) is 0 Å². The maximum atomic E-state index is 13.2. The lowest BCUT2D eigenvalue weighted by Crippen LogP contribution is -2.44. The van der Waals surface area contributed by atoms with Gasteiger partial charge in [0.05, 0.1) is 35.2 Å². The molecule has 0 aliphatic carbocycles. The molecule has 0 saturated carbocycles. The van der Waals surface area contributed by atoms with Gasteiger partial charge in [0.15, 0.2) is 5.82 Å². The maximum absolute atomic E-state index is 13.2. The van der Waals surface area contributed by atoms with E-state index in [1.165, 1.54) is 6.07 Å². The summed E-state index contributed by atoms with van der Waals surface area (Å²) in [4.78, 5) is 16.6. The summed E-state index contributed by atoms with van der Waals surface area (Å²) < 4.78 is 39.5. The van der Waals surface area contributed by atoms with E-state index >= 15 is 0 Å². The molecule has 1 aromatic heterocycles. The smallest absolute Gasteiger partial charge is 0.366 e. The molecule has 2 aliphatic heterocycles. The van der Waals surface area contributed by atoms with Crippen LogP contribution in [0.25, 0.3) is 11.4 Å². The maximum Gasteiger partial charge on any atom is 0.416 e. The lowest BCUT2D eigenvalue weighted by Gasteiger charge is -2.33. The Kier molecular flexibility index (Phi) is 5.92. The largest absolute Gasteiger partial charge is 0.416 e. The molecule has 9 heteroatoms. The monoisotopic (exact) mass is 471 g/mol. The second kappa shape index (κ2) is 8.87. The standard InChI is InChI=1S/C24H24F3N5S/c1-30-7-9-31(10-8-30)20-13-28-23(29-14-20)18-4-2-3-17(11-18)15-32-16-33-22-6-5-19(12-21(22)32)24(25,26)27/h2-6,11-14H,7-10,15-16H2,1H3. The van der Waals surface area contributed by atoms with Gasteiger partial charge < -0.3 is 14.7 Å². The molecular formula is C24H24F3N5S. The van der Waals surface area contributed by atoms with Crippen molar-refractivity contribution < 1.29 is 13.2 Å². The van der Waals surface area contributed by atoms with Crippen LogP contribution in [0.4, 0.5) is 24.5 Å². The van der Waals surface area contributed by atoms with E-state index in [1.54, 1.807) is 17.8 Å². The quantitative estimate of drug-likeness (QED) is 0.534. The number of rotatable bonds is 4. The topological polar surface area (TPSA) is 35.5 Å². The van der Waals surface area contributed by atoms with E-state index < -0.39 is 11.7 Å². The molecule has 172 valence electrons. The van der Waals surface area contributed by atoms with Crippen LogP contribution >= 0.6 is 11.8 Å². The molecule has 0 unspecified atom stereocenters. The Morgan fingerprint density at radius 3 is 2.45 bits per heavy atom. The number of thioether (sulfide) groups is 1. The van der Waals surface area contributed by atoms with Gasteiger partial charge in [-0.3, -0.25) is 0 Å². The van der Waals surface area contributed by atoms with Crippen LogP contribution in [0.3, 0.4) is 0 Å². The molecule has 0 bridgehead atoms. The Labute approximate surface area is 195 Å². The fourth-order valence-corrected chi connectivity index (χ4v) is 5.16. The summed E-state index contributed by atoms with van der Waals surface area (Å²) in [5.74, 6) is 1.27. The summed E-state index contributed by atoms with van der Waals surface area (Å²) in [6.07, 6.45) is -0.611. The predicted molar refractivity (Wildman–Crippen MR) is 126 cm³/mol. The highest BCUT2D eigenvalue weighted by atomic mass is 32.2. The van der Waals surface area contributed by atoms with Crippen molar-refractivity contribution in [1.29, 1.82) is 0 Å². The zero-order chi connectivity index (χ0) is 23.0. The van der Waals surface area contributed by atoms with Gasteiger partial charge in [-0.15, -0.1) is 11.8 Å². The Morgan fingerprint density at radius 1 is 0.970 bits per heavy atom. The van der Waals surface area contributed by atoms with Gasteiger partial charge in [0.1, 0.15) is 0 Å². The van der Waals surface area contributed by atoms with Gasteiger partial charge in [0.25, 0.3) is 0 Å². The molecular weight excluding hydrogens is 447 g/mol. The molecule has 3 aromatic rings. The van der Waals surface area contributed by atoms with Crippen molar-refractivity contribution in [2.45, 2.75) is 17.6 Å². The van der Waals surface area contributed by atoms with Crippen molar-refractivity contribution in [3.05, 3.63) is 66.0 Å². The van der Waals surface area contributed by atoms with Crippen molar-refractivity contribution >= 4 is 23.1 Å². The molecule has 1 fully saturated rings. The summed E-state index contributed by atoms with van der Waals surface area (Å²) in [5, 5.41) is 0. The normalized spacial score (nSPS) is 16.8. The summed E-state index contributed by atoms with van der Waals surface area (Å²) in [5.41, 5.74) is 2.94. The Morgan fingerprint density at radius 2 is 1.73 bits per heavy atom. The number of piperazine rings is 1. The zero-order valence-electron chi connectivity index (χ0n) is 18.2. The number of halogens is 3. The third-order valence-corrected chi connectivity index (χ3v) is 7.17. The minimum Gasteiger partial charge on any atom is -0.366 e. The average Bonchev–Trinajstić information content (AvgIpc) is 3.21. The van der Waals surface area contributed by atoms with Crippen LogP contribution in [0, 0.1) is 0 Å². The van der Waals surface area contributed by atoms with Crippen molar-refractivity contribution in [3.8, 4) is 11.4 Å². The first kappa shape index (κ1) is 22.0. The third kappa shape index (κ3) is 4.79. The molecule has 0 spiro atoms. The molecule has 0 amide bonds. The van der Waals surface area contributed by atoms with E-state index in [2.05, 4.69) is 26.8 Å². The molecule has 5 nitrogen and oxygen atoms in total. The van der Waals surface area contributed by atoms with Crippen LogP contribution in [0.5, 0.6) is 0 Å². The first-order chi connectivity index (χ1) is 15.9. The summed E-state index contributed by atoms with van der Waals surface area (Å²) >= 11 is 1.56. The van der Waals surface area contributed by atoms with Gasteiger partial charge in [-0.1, -0.05) is 18.2 Å². The number of aromatic nitrogens is 2.